The number of rotatable bonds is 1. The highest BCUT2D eigenvalue weighted by molar-refractivity contribution is 7.71. The molecule has 1 fully saturated rings. The summed E-state index contributed by atoms with van der Waals surface area (Å²) < 4.78 is 34.8. The Bertz CT molecular complexity index is 664. The molecule has 0 saturated carbocycles. The van der Waals surface area contributed by atoms with Crippen LogP contribution in [-0.2, 0) is 4.74 Å². The second kappa shape index (κ2) is 4.13. The van der Waals surface area contributed by atoms with E-state index in [1.54, 1.807) is 4.57 Å². The van der Waals surface area contributed by atoms with Crippen LogP contribution in [0.4, 0.5) is 8.78 Å². The summed E-state index contributed by atoms with van der Waals surface area (Å²) in [6, 6.07) is 2.55. The largest absolute Gasteiger partial charge is 0.376 e. The second-order valence-electron chi connectivity index (χ2n) is 4.49. The number of ether oxygens (including phenoxy) is 1. The molecule has 1 aliphatic heterocycles. The van der Waals surface area contributed by atoms with Gasteiger partial charge in [0.25, 0.3) is 0 Å². The predicted octanol–water partition coefficient (Wildman–Crippen LogP) is 3.33. The molecule has 3 rings (SSSR count). The zero-order valence-corrected chi connectivity index (χ0v) is 10.6. The van der Waals surface area contributed by atoms with Crippen molar-refractivity contribution in [2.45, 2.75) is 25.5 Å². The molecule has 0 radical (unpaired) electrons. The van der Waals surface area contributed by atoms with Gasteiger partial charge in [0, 0.05) is 6.61 Å². The normalized spacial score (nSPS) is 23.9. The number of fused-ring (bicyclic) bond motifs is 1. The van der Waals surface area contributed by atoms with Crippen molar-refractivity contribution in [2.75, 3.05) is 6.61 Å². The van der Waals surface area contributed by atoms with Gasteiger partial charge in [-0.25, -0.2) is 8.78 Å². The standard InChI is InChI=1S/C12H12F2N2OS/c1-6-9(4-5-17-6)16-11-8(15-12(16)18)3-2-7(13)10(11)14/h2-3,6,9H,4-5H2,1H3,(H,15,18). The van der Waals surface area contributed by atoms with Gasteiger partial charge in [-0.05, 0) is 37.7 Å². The van der Waals surface area contributed by atoms with E-state index in [-0.39, 0.29) is 17.7 Å². The fraction of sp³-hybridized carbons (Fsp3) is 0.417. The van der Waals surface area contributed by atoms with E-state index < -0.39 is 11.6 Å². The molecule has 0 bridgehead atoms. The van der Waals surface area contributed by atoms with Crippen LogP contribution in [0.3, 0.4) is 0 Å². The smallest absolute Gasteiger partial charge is 0.184 e. The van der Waals surface area contributed by atoms with E-state index in [0.29, 0.717) is 16.9 Å². The maximum absolute atomic E-state index is 13.9. The Morgan fingerprint density at radius 2 is 2.22 bits per heavy atom. The number of halogens is 2. The lowest BCUT2D eigenvalue weighted by Crippen LogP contribution is -2.17. The van der Waals surface area contributed by atoms with Gasteiger partial charge in [0.15, 0.2) is 16.4 Å². The highest BCUT2D eigenvalue weighted by Gasteiger charge is 2.29. The number of aromatic nitrogens is 2. The van der Waals surface area contributed by atoms with Crippen molar-refractivity contribution in [3.8, 4) is 0 Å². The molecule has 2 aromatic rings. The van der Waals surface area contributed by atoms with E-state index in [2.05, 4.69) is 4.98 Å². The first-order chi connectivity index (χ1) is 8.59. The average molecular weight is 270 g/mol. The fourth-order valence-electron chi connectivity index (χ4n) is 2.53. The third-order valence-corrected chi connectivity index (χ3v) is 3.74. The summed E-state index contributed by atoms with van der Waals surface area (Å²) in [4.78, 5) is 2.91. The molecule has 2 unspecified atom stereocenters. The van der Waals surface area contributed by atoms with Crippen LogP contribution < -0.4 is 0 Å². The molecule has 96 valence electrons. The van der Waals surface area contributed by atoms with Gasteiger partial charge in [-0.1, -0.05) is 0 Å². The summed E-state index contributed by atoms with van der Waals surface area (Å²) >= 11 is 5.21. The number of nitrogens with zero attached hydrogens (tertiary/aromatic N) is 1. The van der Waals surface area contributed by atoms with E-state index >= 15 is 0 Å². The molecule has 1 saturated heterocycles. The van der Waals surface area contributed by atoms with Gasteiger partial charge in [-0.3, -0.25) is 0 Å². The first-order valence-corrected chi connectivity index (χ1v) is 6.20. The summed E-state index contributed by atoms with van der Waals surface area (Å²) in [5.41, 5.74) is 0.709. The first kappa shape index (κ1) is 11.8. The van der Waals surface area contributed by atoms with Crippen LogP contribution in [0.2, 0.25) is 0 Å². The lowest BCUT2D eigenvalue weighted by atomic mass is 10.1. The minimum atomic E-state index is -0.864. The molecule has 2 atom stereocenters. The number of imidazole rings is 1. The van der Waals surface area contributed by atoms with Crippen LogP contribution >= 0.6 is 12.2 Å². The monoisotopic (exact) mass is 270 g/mol. The van der Waals surface area contributed by atoms with Crippen LogP contribution in [0, 0.1) is 16.4 Å². The molecule has 1 aliphatic rings. The van der Waals surface area contributed by atoms with E-state index in [1.807, 2.05) is 6.92 Å². The summed E-state index contributed by atoms with van der Waals surface area (Å²) in [6.07, 6.45) is 0.691. The molecular formula is C12H12F2N2OS. The number of nitrogens with one attached hydrogen (secondary N) is 1. The Morgan fingerprint density at radius 3 is 2.89 bits per heavy atom. The lowest BCUT2D eigenvalue weighted by Gasteiger charge is -2.17. The molecule has 1 aromatic carbocycles. The maximum Gasteiger partial charge on any atom is 0.184 e. The van der Waals surface area contributed by atoms with Crippen LogP contribution in [0.15, 0.2) is 12.1 Å². The minimum Gasteiger partial charge on any atom is -0.376 e. The van der Waals surface area contributed by atoms with Gasteiger partial charge in [0.2, 0.25) is 0 Å². The van der Waals surface area contributed by atoms with E-state index in [4.69, 9.17) is 17.0 Å². The summed E-state index contributed by atoms with van der Waals surface area (Å²) in [7, 11) is 0. The first-order valence-electron chi connectivity index (χ1n) is 5.79. The molecule has 2 heterocycles. The van der Waals surface area contributed by atoms with Gasteiger partial charge in [-0.15, -0.1) is 0 Å². The summed E-state index contributed by atoms with van der Waals surface area (Å²) in [6.45, 7) is 2.52. The van der Waals surface area contributed by atoms with Crippen molar-refractivity contribution in [1.29, 1.82) is 0 Å². The van der Waals surface area contributed by atoms with E-state index in [0.717, 1.165) is 12.5 Å². The van der Waals surface area contributed by atoms with Gasteiger partial charge in [-0.2, -0.15) is 0 Å². The highest BCUT2D eigenvalue weighted by atomic mass is 32.1. The topological polar surface area (TPSA) is 29.9 Å². The molecule has 6 heteroatoms. The summed E-state index contributed by atoms with van der Waals surface area (Å²) in [5, 5.41) is 0. The van der Waals surface area contributed by atoms with E-state index in [9.17, 15) is 8.78 Å². The maximum atomic E-state index is 13.9. The molecule has 0 aliphatic carbocycles. The third kappa shape index (κ3) is 1.59. The van der Waals surface area contributed by atoms with Gasteiger partial charge in [0.1, 0.15) is 5.52 Å². The quantitative estimate of drug-likeness (QED) is 0.806. The second-order valence-corrected chi connectivity index (χ2v) is 4.88. The number of H-pyrrole nitrogens is 1. The Balaban J connectivity index is 2.31. The molecule has 18 heavy (non-hydrogen) atoms. The number of hydrogen-bond donors (Lipinski definition) is 1. The predicted molar refractivity (Wildman–Crippen MR) is 66.1 cm³/mol. The molecule has 0 amide bonds. The van der Waals surface area contributed by atoms with E-state index in [1.165, 1.54) is 6.07 Å². The zero-order chi connectivity index (χ0) is 12.9. The van der Waals surface area contributed by atoms with Crippen LogP contribution in [0.25, 0.3) is 11.0 Å². The van der Waals surface area contributed by atoms with Gasteiger partial charge >= 0.3 is 0 Å². The molecular weight excluding hydrogens is 258 g/mol. The minimum absolute atomic E-state index is 0.0532. The molecule has 1 N–H and O–H groups in total. The van der Waals surface area contributed by atoms with Crippen molar-refractivity contribution in [3.05, 3.63) is 28.5 Å². The summed E-state index contributed by atoms with van der Waals surface area (Å²) in [5.74, 6) is -1.73. The zero-order valence-electron chi connectivity index (χ0n) is 9.74. The Kier molecular flexibility index (Phi) is 2.71. The Hall–Kier alpha value is -1.27. The number of hydrogen-bond acceptors (Lipinski definition) is 2. The SMILES string of the molecule is CC1OCCC1n1c(=S)[nH]c2ccc(F)c(F)c21. The van der Waals surface area contributed by atoms with Gasteiger partial charge < -0.3 is 14.3 Å². The van der Waals surface area contributed by atoms with Crippen molar-refractivity contribution in [2.24, 2.45) is 0 Å². The molecule has 1 aromatic heterocycles. The molecule has 3 nitrogen and oxygen atoms in total. The highest BCUT2D eigenvalue weighted by Crippen LogP contribution is 2.31. The third-order valence-electron chi connectivity index (χ3n) is 3.44. The van der Waals surface area contributed by atoms with Crippen LogP contribution in [0.1, 0.15) is 19.4 Å². The van der Waals surface area contributed by atoms with Crippen molar-refractivity contribution < 1.29 is 13.5 Å². The lowest BCUT2D eigenvalue weighted by molar-refractivity contribution is 0.108. The number of benzene rings is 1. The Morgan fingerprint density at radius 1 is 1.44 bits per heavy atom. The van der Waals surface area contributed by atoms with Crippen molar-refractivity contribution >= 4 is 23.3 Å². The van der Waals surface area contributed by atoms with Crippen molar-refractivity contribution in [3.63, 3.8) is 0 Å². The fourth-order valence-corrected chi connectivity index (χ4v) is 2.87. The van der Waals surface area contributed by atoms with Crippen molar-refractivity contribution in [1.82, 2.24) is 9.55 Å². The van der Waals surface area contributed by atoms with Crippen LogP contribution in [0.5, 0.6) is 0 Å². The van der Waals surface area contributed by atoms with Crippen LogP contribution in [-0.4, -0.2) is 22.3 Å². The number of aromatic amines is 1. The average Bonchev–Trinajstić information content (AvgIpc) is 2.87. The van der Waals surface area contributed by atoms with Gasteiger partial charge in [0.05, 0.1) is 17.7 Å². The molecule has 0 spiro atoms. The Labute approximate surface area is 107 Å².